The number of ether oxygens (including phenoxy) is 1. The van der Waals surface area contributed by atoms with Crippen LogP contribution in [0.25, 0.3) is 0 Å². The molecule has 0 N–H and O–H groups in total. The van der Waals surface area contributed by atoms with Gasteiger partial charge in [0.15, 0.2) is 5.78 Å². The van der Waals surface area contributed by atoms with Gasteiger partial charge >= 0.3 is 0 Å². The van der Waals surface area contributed by atoms with Crippen LogP contribution in [-0.2, 0) is 0 Å². The van der Waals surface area contributed by atoms with Crippen molar-refractivity contribution in [3.8, 4) is 5.75 Å². The van der Waals surface area contributed by atoms with Crippen LogP contribution in [0.1, 0.15) is 62.2 Å². The Labute approximate surface area is 117 Å². The Kier molecular flexibility index (Phi) is 7.95. The van der Waals surface area contributed by atoms with Crippen molar-refractivity contribution in [1.82, 2.24) is 0 Å². The van der Waals surface area contributed by atoms with Gasteiger partial charge in [0, 0.05) is 12.0 Å². The van der Waals surface area contributed by atoms with Gasteiger partial charge in [-0.3, -0.25) is 4.79 Å². The minimum absolute atomic E-state index is 0.193. The summed E-state index contributed by atoms with van der Waals surface area (Å²) in [5, 5.41) is 0. The summed E-state index contributed by atoms with van der Waals surface area (Å²) in [5.74, 6) is 1.04. The Bertz CT molecular complexity index is 354. The number of Topliss-reactive ketones (excluding diaryl/α,β-unsaturated/α-hetero) is 1. The topological polar surface area (TPSA) is 26.3 Å². The van der Waals surface area contributed by atoms with E-state index in [4.69, 9.17) is 4.74 Å². The number of carbonyl (C=O) groups excluding carboxylic acids is 1. The third-order valence-electron chi connectivity index (χ3n) is 3.10. The van der Waals surface area contributed by atoms with Crippen LogP contribution in [0.4, 0.5) is 0 Å². The number of rotatable bonds is 10. The molecule has 0 amide bonds. The number of ketones is 1. The summed E-state index contributed by atoms with van der Waals surface area (Å²) >= 11 is 0. The van der Waals surface area contributed by atoms with E-state index in [1.807, 2.05) is 24.3 Å². The van der Waals surface area contributed by atoms with Gasteiger partial charge < -0.3 is 4.74 Å². The Morgan fingerprint density at radius 2 is 1.84 bits per heavy atom. The molecule has 0 atom stereocenters. The van der Waals surface area contributed by atoms with Crippen LogP contribution in [0.3, 0.4) is 0 Å². The van der Waals surface area contributed by atoms with Crippen LogP contribution in [0, 0.1) is 6.92 Å². The SMILES string of the molecule is [CH2]CCCC(=O)c1ccc(OCCCCCC)cc1. The average molecular weight is 261 g/mol. The predicted octanol–water partition coefficient (Wildman–Crippen LogP) is 4.83. The largest absolute Gasteiger partial charge is 0.494 e. The van der Waals surface area contributed by atoms with Gasteiger partial charge in [0.05, 0.1) is 6.61 Å². The van der Waals surface area contributed by atoms with Crippen molar-refractivity contribution in [3.05, 3.63) is 36.8 Å². The molecule has 0 heterocycles. The van der Waals surface area contributed by atoms with Gasteiger partial charge in [-0.05, 0) is 37.1 Å². The molecule has 0 spiro atoms. The summed E-state index contributed by atoms with van der Waals surface area (Å²) in [6, 6.07) is 7.48. The highest BCUT2D eigenvalue weighted by Crippen LogP contribution is 2.15. The quantitative estimate of drug-likeness (QED) is 0.445. The highest BCUT2D eigenvalue weighted by molar-refractivity contribution is 5.96. The van der Waals surface area contributed by atoms with Crippen LogP contribution >= 0.6 is 0 Å². The van der Waals surface area contributed by atoms with Crippen LogP contribution in [-0.4, -0.2) is 12.4 Å². The number of unbranched alkanes of at least 4 members (excludes halogenated alkanes) is 4. The molecule has 0 aromatic heterocycles. The van der Waals surface area contributed by atoms with Crippen LogP contribution in [0.2, 0.25) is 0 Å². The molecular formula is C17H25O2. The van der Waals surface area contributed by atoms with Crippen LogP contribution < -0.4 is 4.74 Å². The molecular weight excluding hydrogens is 236 g/mol. The molecule has 0 saturated carbocycles. The second-order valence-electron chi connectivity index (χ2n) is 4.81. The summed E-state index contributed by atoms with van der Waals surface area (Å²) in [5.41, 5.74) is 0.770. The van der Waals surface area contributed by atoms with Gasteiger partial charge in [0.2, 0.25) is 0 Å². The van der Waals surface area contributed by atoms with Crippen molar-refractivity contribution in [2.45, 2.75) is 51.9 Å². The molecule has 0 bridgehead atoms. The minimum atomic E-state index is 0.193. The second kappa shape index (κ2) is 9.60. The lowest BCUT2D eigenvalue weighted by Gasteiger charge is -2.06. The maximum atomic E-state index is 11.8. The number of hydrogen-bond donors (Lipinski definition) is 0. The van der Waals surface area contributed by atoms with E-state index >= 15 is 0 Å². The molecule has 0 aliphatic rings. The van der Waals surface area contributed by atoms with Gasteiger partial charge in [-0.1, -0.05) is 39.5 Å². The van der Waals surface area contributed by atoms with Crippen molar-refractivity contribution >= 4 is 5.78 Å². The Balaban J connectivity index is 2.32. The first kappa shape index (κ1) is 15.7. The fourth-order valence-electron chi connectivity index (χ4n) is 1.89. The molecule has 2 heteroatoms. The van der Waals surface area contributed by atoms with E-state index in [1.54, 1.807) is 0 Å². The zero-order valence-electron chi connectivity index (χ0n) is 12.0. The molecule has 0 aliphatic heterocycles. The minimum Gasteiger partial charge on any atom is -0.494 e. The van der Waals surface area contributed by atoms with E-state index in [0.29, 0.717) is 6.42 Å². The Morgan fingerprint density at radius 3 is 2.47 bits per heavy atom. The number of hydrogen-bond acceptors (Lipinski definition) is 2. The molecule has 19 heavy (non-hydrogen) atoms. The molecule has 105 valence electrons. The zero-order valence-corrected chi connectivity index (χ0v) is 12.0. The van der Waals surface area contributed by atoms with E-state index in [0.717, 1.165) is 37.2 Å². The molecule has 0 aliphatic carbocycles. The fourth-order valence-corrected chi connectivity index (χ4v) is 1.89. The van der Waals surface area contributed by atoms with E-state index in [2.05, 4.69) is 13.8 Å². The van der Waals surface area contributed by atoms with E-state index in [-0.39, 0.29) is 5.78 Å². The van der Waals surface area contributed by atoms with E-state index < -0.39 is 0 Å². The summed E-state index contributed by atoms with van der Waals surface area (Å²) in [7, 11) is 0. The van der Waals surface area contributed by atoms with Crippen molar-refractivity contribution in [3.63, 3.8) is 0 Å². The molecule has 1 aromatic rings. The summed E-state index contributed by atoms with van der Waals surface area (Å²) in [6.45, 7) is 6.71. The van der Waals surface area contributed by atoms with Crippen molar-refractivity contribution in [1.29, 1.82) is 0 Å². The third kappa shape index (κ3) is 6.42. The van der Waals surface area contributed by atoms with Gasteiger partial charge in [-0.2, -0.15) is 0 Å². The lowest BCUT2D eigenvalue weighted by molar-refractivity contribution is 0.0980. The highest BCUT2D eigenvalue weighted by Gasteiger charge is 2.05. The fraction of sp³-hybridized carbons (Fsp3) is 0.529. The number of benzene rings is 1. The van der Waals surface area contributed by atoms with Gasteiger partial charge in [-0.25, -0.2) is 0 Å². The van der Waals surface area contributed by atoms with Crippen molar-refractivity contribution in [2.75, 3.05) is 6.61 Å². The van der Waals surface area contributed by atoms with Gasteiger partial charge in [0.1, 0.15) is 5.75 Å². The summed E-state index contributed by atoms with van der Waals surface area (Å²) in [4.78, 5) is 11.8. The monoisotopic (exact) mass is 261 g/mol. The Morgan fingerprint density at radius 1 is 1.11 bits per heavy atom. The van der Waals surface area contributed by atoms with E-state index in [1.165, 1.54) is 19.3 Å². The third-order valence-corrected chi connectivity index (χ3v) is 3.10. The first-order chi connectivity index (χ1) is 9.27. The summed E-state index contributed by atoms with van der Waals surface area (Å²) in [6.07, 6.45) is 7.07. The first-order valence-electron chi connectivity index (χ1n) is 7.33. The molecule has 1 radical (unpaired) electrons. The number of carbonyl (C=O) groups is 1. The van der Waals surface area contributed by atoms with Crippen molar-refractivity contribution in [2.24, 2.45) is 0 Å². The lowest BCUT2D eigenvalue weighted by atomic mass is 10.1. The maximum Gasteiger partial charge on any atom is 0.162 e. The normalized spacial score (nSPS) is 10.4. The molecule has 0 fully saturated rings. The average Bonchev–Trinajstić information content (AvgIpc) is 2.45. The highest BCUT2D eigenvalue weighted by atomic mass is 16.5. The Hall–Kier alpha value is -1.31. The maximum absolute atomic E-state index is 11.8. The molecule has 2 nitrogen and oxygen atoms in total. The molecule has 1 rings (SSSR count). The zero-order chi connectivity index (χ0) is 13.9. The van der Waals surface area contributed by atoms with Crippen molar-refractivity contribution < 1.29 is 9.53 Å². The van der Waals surface area contributed by atoms with Crippen LogP contribution in [0.5, 0.6) is 5.75 Å². The molecule has 0 unspecified atom stereocenters. The first-order valence-corrected chi connectivity index (χ1v) is 7.33. The summed E-state index contributed by atoms with van der Waals surface area (Å²) < 4.78 is 5.65. The lowest BCUT2D eigenvalue weighted by Crippen LogP contribution is -2.00. The van der Waals surface area contributed by atoms with E-state index in [9.17, 15) is 4.79 Å². The van der Waals surface area contributed by atoms with Gasteiger partial charge in [-0.15, -0.1) is 0 Å². The smallest absolute Gasteiger partial charge is 0.162 e. The predicted molar refractivity (Wildman–Crippen MR) is 79.6 cm³/mol. The standard InChI is InChI=1S/C17H25O2/c1-3-5-7-8-14-19-16-12-10-15(11-13-16)17(18)9-6-4-2/h10-13H,2-9,14H2,1H3. The molecule has 1 aromatic carbocycles. The second-order valence-corrected chi connectivity index (χ2v) is 4.81. The van der Waals surface area contributed by atoms with Gasteiger partial charge in [0.25, 0.3) is 0 Å². The van der Waals surface area contributed by atoms with Crippen LogP contribution in [0.15, 0.2) is 24.3 Å². The molecule has 0 saturated heterocycles.